The van der Waals surface area contributed by atoms with E-state index >= 15 is 0 Å². The molecule has 0 radical (unpaired) electrons. The second kappa shape index (κ2) is 10.3. The van der Waals surface area contributed by atoms with Gasteiger partial charge in [0.05, 0.1) is 6.54 Å². The first kappa shape index (κ1) is 36.1. The SMILES string of the molecule is CCNCCN(NS(=O)(=O)C(F)(F)C(F)(F)C(F)(F)C(F)(F)C(F)(F)C(F)(F)C(F)(F)C(F)(F)F)C(C)=O. The molecule has 0 fully saturated rings. The van der Waals surface area contributed by atoms with Crippen LogP contribution in [-0.4, -0.2) is 85.9 Å². The van der Waals surface area contributed by atoms with Crippen molar-refractivity contribution in [1.29, 1.82) is 0 Å². The number of nitrogens with one attached hydrogen (secondary N) is 2. The quantitative estimate of drug-likeness (QED) is 0.182. The highest BCUT2D eigenvalue weighted by molar-refractivity contribution is 7.90. The highest BCUT2D eigenvalue weighted by atomic mass is 32.2. The molecule has 0 aliphatic rings. The predicted molar refractivity (Wildman–Crippen MR) is 88.7 cm³/mol. The van der Waals surface area contributed by atoms with Crippen LogP contribution in [0, 0.1) is 0 Å². The highest BCUT2D eigenvalue weighted by Gasteiger charge is 2.96. The Morgan fingerprint density at radius 2 is 1.00 bits per heavy atom. The van der Waals surface area contributed by atoms with Gasteiger partial charge in [0.2, 0.25) is 5.91 Å². The molecule has 2 N–H and O–H groups in total. The van der Waals surface area contributed by atoms with Crippen molar-refractivity contribution in [2.75, 3.05) is 19.6 Å². The molecule has 0 saturated carbocycles. The fraction of sp³-hybridized carbons (Fsp3) is 0.929. The van der Waals surface area contributed by atoms with Gasteiger partial charge in [-0.25, -0.2) is 8.42 Å². The molecule has 0 bridgehead atoms. The number of alkyl halides is 17. The van der Waals surface area contributed by atoms with Crippen LogP contribution >= 0.6 is 0 Å². The molecule has 0 heterocycles. The van der Waals surface area contributed by atoms with Gasteiger partial charge in [-0.05, 0) is 6.54 Å². The Morgan fingerprint density at radius 3 is 1.32 bits per heavy atom. The summed E-state index contributed by atoms with van der Waals surface area (Å²) in [6, 6.07) is 0. The van der Waals surface area contributed by atoms with E-state index in [1.54, 1.807) is 0 Å². The summed E-state index contributed by atoms with van der Waals surface area (Å²) in [4.78, 5) is 11.5. The molecule has 0 aromatic heterocycles. The van der Waals surface area contributed by atoms with Crippen LogP contribution in [0.2, 0.25) is 0 Å². The van der Waals surface area contributed by atoms with E-state index in [1.807, 2.05) is 0 Å². The molecule has 228 valence electrons. The number of likely N-dealkylation sites (N-methyl/N-ethyl adjacent to an activating group) is 1. The Balaban J connectivity index is 6.80. The summed E-state index contributed by atoms with van der Waals surface area (Å²) in [7, 11) is -7.60. The molecule has 0 aliphatic heterocycles. The Bertz CT molecular complexity index is 965. The zero-order valence-corrected chi connectivity index (χ0v) is 18.9. The first-order valence-electron chi connectivity index (χ1n) is 9.09. The van der Waals surface area contributed by atoms with Crippen molar-refractivity contribution in [1.82, 2.24) is 15.2 Å². The molecular formula is C14H14F17N3O3S. The summed E-state index contributed by atoms with van der Waals surface area (Å²) >= 11 is 0. The molecule has 0 spiro atoms. The van der Waals surface area contributed by atoms with Gasteiger partial charge in [-0.15, -0.1) is 4.83 Å². The number of rotatable bonds is 13. The van der Waals surface area contributed by atoms with Crippen molar-refractivity contribution in [2.24, 2.45) is 0 Å². The van der Waals surface area contributed by atoms with Gasteiger partial charge in [-0.2, -0.15) is 74.6 Å². The number of sulfonamides is 1. The topological polar surface area (TPSA) is 78.5 Å². The summed E-state index contributed by atoms with van der Waals surface area (Å²) < 4.78 is 249. The van der Waals surface area contributed by atoms with E-state index in [1.165, 1.54) is 6.92 Å². The monoisotopic (exact) mass is 627 g/mol. The van der Waals surface area contributed by atoms with Crippen molar-refractivity contribution in [2.45, 2.75) is 60.8 Å². The van der Waals surface area contributed by atoms with E-state index in [2.05, 4.69) is 5.32 Å². The maximum absolute atomic E-state index is 14.0. The van der Waals surface area contributed by atoms with Gasteiger partial charge in [0.25, 0.3) is 0 Å². The molecule has 1 amide bonds. The lowest BCUT2D eigenvalue weighted by atomic mass is 9.91. The van der Waals surface area contributed by atoms with Gasteiger partial charge in [-0.3, -0.25) is 9.80 Å². The molecule has 6 nitrogen and oxygen atoms in total. The van der Waals surface area contributed by atoms with Gasteiger partial charge in [0, 0.05) is 13.5 Å². The van der Waals surface area contributed by atoms with Gasteiger partial charge in [0.1, 0.15) is 0 Å². The van der Waals surface area contributed by atoms with Crippen molar-refractivity contribution >= 4 is 15.9 Å². The number of carbonyl (C=O) groups is 1. The Hall–Kier alpha value is -1.85. The first-order valence-corrected chi connectivity index (χ1v) is 10.6. The van der Waals surface area contributed by atoms with Gasteiger partial charge >= 0.3 is 57.0 Å². The van der Waals surface area contributed by atoms with Gasteiger partial charge < -0.3 is 5.32 Å². The zero-order valence-electron chi connectivity index (χ0n) is 18.1. The fourth-order valence-electron chi connectivity index (χ4n) is 2.16. The van der Waals surface area contributed by atoms with Crippen molar-refractivity contribution in [3.63, 3.8) is 0 Å². The maximum atomic E-state index is 14.0. The summed E-state index contributed by atoms with van der Waals surface area (Å²) in [6.45, 7) is 0.164. The molecule has 0 rings (SSSR count). The second-order valence-corrected chi connectivity index (χ2v) is 8.78. The number of carbonyl (C=O) groups excluding carboxylic acids is 1. The van der Waals surface area contributed by atoms with E-state index < -0.39 is 81.0 Å². The summed E-state index contributed by atoms with van der Waals surface area (Å²) in [5, 5.41) is -5.97. The van der Waals surface area contributed by atoms with E-state index in [0.29, 0.717) is 6.92 Å². The standard InChI is InChI=1S/C14H14F17N3O3S/c1-3-32-4-5-34(6(2)35)33-38(36,37)14(30,31)12(25,26)10(21,22)8(17,18)7(15,16)9(19,20)11(23,24)13(27,28)29/h32-33H,3-5H2,1-2H3. The van der Waals surface area contributed by atoms with E-state index in [9.17, 15) is 87.8 Å². The predicted octanol–water partition coefficient (Wildman–Crippen LogP) is 4.25. The molecule has 0 aromatic carbocycles. The molecule has 0 saturated heterocycles. The lowest BCUT2D eigenvalue weighted by Gasteiger charge is -2.42. The third-order valence-corrected chi connectivity index (χ3v) is 5.80. The number of amides is 1. The Labute approximate surface area is 200 Å². The third-order valence-electron chi connectivity index (χ3n) is 4.40. The minimum atomic E-state index is -8.92. The average Bonchev–Trinajstić information content (AvgIpc) is 2.70. The number of hydrogen-bond acceptors (Lipinski definition) is 4. The van der Waals surface area contributed by atoms with Crippen LogP contribution in [0.1, 0.15) is 13.8 Å². The summed E-state index contributed by atoms with van der Waals surface area (Å²) in [5.41, 5.74) is 0. The number of halogens is 17. The van der Waals surface area contributed by atoms with Crippen molar-refractivity contribution in [3.8, 4) is 0 Å². The maximum Gasteiger partial charge on any atom is 0.460 e. The zero-order chi connectivity index (χ0) is 31.2. The van der Waals surface area contributed by atoms with Gasteiger partial charge in [0.15, 0.2) is 0 Å². The minimum absolute atomic E-state index is 0.0419. The highest BCUT2D eigenvalue weighted by Crippen LogP contribution is 2.64. The number of hydrogen-bond donors (Lipinski definition) is 2. The molecule has 0 aromatic rings. The van der Waals surface area contributed by atoms with Crippen molar-refractivity contribution in [3.05, 3.63) is 0 Å². The van der Waals surface area contributed by atoms with E-state index in [4.69, 9.17) is 0 Å². The third kappa shape index (κ3) is 5.30. The molecule has 0 unspecified atom stereocenters. The Morgan fingerprint density at radius 1 is 0.658 bits per heavy atom. The number of nitrogens with zero attached hydrogens (tertiary/aromatic N) is 1. The van der Waals surface area contributed by atoms with Crippen LogP contribution in [0.25, 0.3) is 0 Å². The van der Waals surface area contributed by atoms with Crippen LogP contribution in [0.4, 0.5) is 74.6 Å². The van der Waals surface area contributed by atoms with Crippen LogP contribution in [0.15, 0.2) is 0 Å². The van der Waals surface area contributed by atoms with Crippen molar-refractivity contribution < 1.29 is 87.8 Å². The largest absolute Gasteiger partial charge is 0.460 e. The minimum Gasteiger partial charge on any atom is -0.315 e. The average molecular weight is 627 g/mol. The summed E-state index contributed by atoms with van der Waals surface area (Å²) in [6.07, 6.45) is -7.91. The number of hydrazine groups is 1. The lowest BCUT2D eigenvalue weighted by molar-refractivity contribution is -0.458. The van der Waals surface area contributed by atoms with Crippen LogP contribution in [-0.2, 0) is 14.8 Å². The van der Waals surface area contributed by atoms with E-state index in [0.717, 1.165) is 0 Å². The lowest BCUT2D eigenvalue weighted by Crippen LogP contribution is -2.75. The normalized spacial score (nSPS) is 15.6. The fourth-order valence-corrected chi connectivity index (χ4v) is 3.25. The van der Waals surface area contributed by atoms with Crippen LogP contribution < -0.4 is 10.1 Å². The smallest absolute Gasteiger partial charge is 0.315 e. The van der Waals surface area contributed by atoms with Crippen LogP contribution in [0.3, 0.4) is 0 Å². The summed E-state index contributed by atoms with van der Waals surface area (Å²) in [5.74, 6) is -53.8. The molecule has 24 heteroatoms. The second-order valence-electron chi connectivity index (χ2n) is 7.08. The molecular weight excluding hydrogens is 613 g/mol. The first-order chi connectivity index (χ1) is 16.4. The van der Waals surface area contributed by atoms with Crippen LogP contribution in [0.5, 0.6) is 0 Å². The molecule has 0 atom stereocenters. The molecule has 0 aliphatic carbocycles. The van der Waals surface area contributed by atoms with Gasteiger partial charge in [-0.1, -0.05) is 6.92 Å². The molecule has 38 heavy (non-hydrogen) atoms. The Kier molecular flexibility index (Phi) is 9.78. The van der Waals surface area contributed by atoms with E-state index in [-0.39, 0.29) is 11.4 Å².